The Balaban J connectivity index is 2.30. The average molecular weight is 315 g/mol. The van der Waals surface area contributed by atoms with Crippen LogP contribution in [0.15, 0.2) is 48.0 Å². The van der Waals surface area contributed by atoms with Crippen molar-refractivity contribution < 1.29 is 9.59 Å². The zero-order valence-electron chi connectivity index (χ0n) is 12.2. The number of aromatic nitrogens is 1. The van der Waals surface area contributed by atoms with Crippen molar-refractivity contribution in [1.82, 2.24) is 10.3 Å². The number of pyridine rings is 1. The van der Waals surface area contributed by atoms with Gasteiger partial charge >= 0.3 is 0 Å². The second-order valence-electron chi connectivity index (χ2n) is 4.68. The van der Waals surface area contributed by atoms with Crippen LogP contribution in [0.5, 0.6) is 0 Å². The number of hydrogen-bond acceptors (Lipinski definition) is 4. The van der Waals surface area contributed by atoms with Gasteiger partial charge in [-0.1, -0.05) is 36.0 Å². The number of thioether (sulfide) groups is 1. The molecule has 0 aliphatic rings. The topological polar surface area (TPSA) is 85.1 Å². The van der Waals surface area contributed by atoms with Crippen LogP contribution in [0, 0.1) is 0 Å². The molecule has 0 aliphatic carbocycles. The van der Waals surface area contributed by atoms with Gasteiger partial charge in [-0.05, 0) is 19.1 Å². The molecule has 0 fully saturated rings. The van der Waals surface area contributed by atoms with Gasteiger partial charge in [0.1, 0.15) is 0 Å². The summed E-state index contributed by atoms with van der Waals surface area (Å²) in [5, 5.41) is 3.69. The van der Waals surface area contributed by atoms with Crippen LogP contribution >= 0.6 is 11.8 Å². The SMILES string of the molecule is C=CCNC(=O)C(C)Sc1cc(C(N)=O)c2ccccc2n1. The smallest absolute Gasteiger partial charge is 0.249 e. The second-order valence-corrected chi connectivity index (χ2v) is 6.04. The minimum absolute atomic E-state index is 0.111. The van der Waals surface area contributed by atoms with Gasteiger partial charge in [-0.25, -0.2) is 4.98 Å². The molecule has 0 aliphatic heterocycles. The van der Waals surface area contributed by atoms with Crippen molar-refractivity contribution in [3.05, 3.63) is 48.6 Å². The van der Waals surface area contributed by atoms with Crippen LogP contribution in [0.4, 0.5) is 0 Å². The van der Waals surface area contributed by atoms with Gasteiger partial charge in [-0.2, -0.15) is 0 Å². The highest BCUT2D eigenvalue weighted by Gasteiger charge is 2.17. The van der Waals surface area contributed by atoms with Gasteiger partial charge in [0.15, 0.2) is 0 Å². The summed E-state index contributed by atoms with van der Waals surface area (Å²) in [6.07, 6.45) is 1.62. The number of fused-ring (bicyclic) bond motifs is 1. The molecule has 1 atom stereocenters. The summed E-state index contributed by atoms with van der Waals surface area (Å²) < 4.78 is 0. The number of rotatable bonds is 6. The zero-order valence-corrected chi connectivity index (χ0v) is 13.0. The third-order valence-electron chi connectivity index (χ3n) is 3.05. The molecule has 1 heterocycles. The monoisotopic (exact) mass is 315 g/mol. The zero-order chi connectivity index (χ0) is 16.1. The third-order valence-corrected chi connectivity index (χ3v) is 4.06. The molecule has 1 aromatic heterocycles. The molecule has 3 N–H and O–H groups in total. The molecule has 2 rings (SSSR count). The number of benzene rings is 1. The average Bonchev–Trinajstić information content (AvgIpc) is 2.51. The molecular weight excluding hydrogens is 298 g/mol. The summed E-state index contributed by atoms with van der Waals surface area (Å²) in [7, 11) is 0. The Hall–Kier alpha value is -2.34. The lowest BCUT2D eigenvalue weighted by molar-refractivity contribution is -0.120. The summed E-state index contributed by atoms with van der Waals surface area (Å²) >= 11 is 1.28. The molecule has 0 saturated carbocycles. The molecule has 1 unspecified atom stereocenters. The first kappa shape index (κ1) is 16.0. The predicted octanol–water partition coefficient (Wildman–Crippen LogP) is 2.12. The van der Waals surface area contributed by atoms with Gasteiger partial charge < -0.3 is 11.1 Å². The molecule has 0 saturated heterocycles. The van der Waals surface area contributed by atoms with Crippen molar-refractivity contribution in [2.24, 2.45) is 5.73 Å². The van der Waals surface area contributed by atoms with Crippen molar-refractivity contribution in [2.75, 3.05) is 6.54 Å². The minimum atomic E-state index is -0.510. The van der Waals surface area contributed by atoms with Crippen molar-refractivity contribution in [2.45, 2.75) is 17.2 Å². The standard InChI is InChI=1S/C16H17N3O2S/c1-3-8-18-16(21)10(2)22-14-9-12(15(17)20)11-6-4-5-7-13(11)19-14/h3-7,9-10H,1,8H2,2H3,(H2,17,20)(H,18,21). The summed E-state index contributed by atoms with van der Waals surface area (Å²) in [4.78, 5) is 28.0. The fourth-order valence-corrected chi connectivity index (χ4v) is 2.86. The number of hydrogen-bond donors (Lipinski definition) is 2. The highest BCUT2D eigenvalue weighted by molar-refractivity contribution is 8.00. The van der Waals surface area contributed by atoms with E-state index in [1.165, 1.54) is 11.8 Å². The molecule has 0 bridgehead atoms. The van der Waals surface area contributed by atoms with E-state index in [1.807, 2.05) is 18.2 Å². The van der Waals surface area contributed by atoms with Gasteiger partial charge in [0.05, 0.1) is 21.4 Å². The lowest BCUT2D eigenvalue weighted by atomic mass is 10.1. The third kappa shape index (κ3) is 3.65. The van der Waals surface area contributed by atoms with Gasteiger partial charge in [0.2, 0.25) is 11.8 Å². The van der Waals surface area contributed by atoms with Crippen molar-refractivity contribution >= 4 is 34.5 Å². The molecule has 114 valence electrons. The first-order valence-electron chi connectivity index (χ1n) is 6.77. The number of carbonyl (C=O) groups is 2. The Bertz CT molecular complexity index is 730. The van der Waals surface area contributed by atoms with Crippen LogP contribution in [-0.2, 0) is 4.79 Å². The maximum atomic E-state index is 11.9. The number of nitrogens with zero attached hydrogens (tertiary/aromatic N) is 1. The first-order valence-corrected chi connectivity index (χ1v) is 7.65. The van der Waals surface area contributed by atoms with E-state index in [0.717, 1.165) is 0 Å². The van der Waals surface area contributed by atoms with Gasteiger partial charge in [-0.3, -0.25) is 9.59 Å². The highest BCUT2D eigenvalue weighted by atomic mass is 32.2. The summed E-state index contributed by atoms with van der Waals surface area (Å²) in [5.41, 5.74) is 6.53. The molecule has 2 aromatic rings. The normalized spacial score (nSPS) is 11.9. The van der Waals surface area contributed by atoms with E-state index in [1.54, 1.807) is 25.1 Å². The van der Waals surface area contributed by atoms with Gasteiger partial charge in [0, 0.05) is 11.9 Å². The molecule has 6 heteroatoms. The fraction of sp³-hybridized carbons (Fsp3) is 0.188. The van der Waals surface area contributed by atoms with Crippen molar-refractivity contribution in [3.8, 4) is 0 Å². The van der Waals surface area contributed by atoms with E-state index in [0.29, 0.717) is 28.0 Å². The molecule has 5 nitrogen and oxygen atoms in total. The number of nitrogens with one attached hydrogen (secondary N) is 1. The Kier molecular flexibility index (Phi) is 5.16. The molecular formula is C16H17N3O2S. The van der Waals surface area contributed by atoms with Crippen LogP contribution in [0.1, 0.15) is 17.3 Å². The summed E-state index contributed by atoms with van der Waals surface area (Å²) in [5.74, 6) is -0.621. The van der Waals surface area contributed by atoms with Crippen molar-refractivity contribution in [3.63, 3.8) is 0 Å². The van der Waals surface area contributed by atoms with E-state index in [-0.39, 0.29) is 11.2 Å². The number of amides is 2. The van der Waals surface area contributed by atoms with Crippen LogP contribution in [0.2, 0.25) is 0 Å². The Morgan fingerprint density at radius 2 is 2.18 bits per heavy atom. The molecule has 1 aromatic carbocycles. The largest absolute Gasteiger partial charge is 0.366 e. The van der Waals surface area contributed by atoms with Gasteiger partial charge in [-0.15, -0.1) is 6.58 Å². The lowest BCUT2D eigenvalue weighted by Gasteiger charge is -2.12. The van der Waals surface area contributed by atoms with Crippen LogP contribution in [0.25, 0.3) is 10.9 Å². The van der Waals surface area contributed by atoms with Crippen LogP contribution in [0.3, 0.4) is 0 Å². The van der Waals surface area contributed by atoms with E-state index in [2.05, 4.69) is 16.9 Å². The Morgan fingerprint density at radius 1 is 1.45 bits per heavy atom. The predicted molar refractivity (Wildman–Crippen MR) is 88.8 cm³/mol. The number of nitrogens with two attached hydrogens (primary N) is 1. The highest BCUT2D eigenvalue weighted by Crippen LogP contribution is 2.26. The second kappa shape index (κ2) is 7.09. The van der Waals surface area contributed by atoms with Gasteiger partial charge in [0.25, 0.3) is 0 Å². The maximum absolute atomic E-state index is 11.9. The number of primary amides is 1. The molecule has 22 heavy (non-hydrogen) atoms. The van der Waals surface area contributed by atoms with E-state index >= 15 is 0 Å². The van der Waals surface area contributed by atoms with E-state index in [9.17, 15) is 9.59 Å². The fourth-order valence-electron chi connectivity index (χ4n) is 1.97. The summed E-state index contributed by atoms with van der Waals surface area (Å²) in [6, 6.07) is 8.92. The van der Waals surface area contributed by atoms with Crippen LogP contribution < -0.4 is 11.1 Å². The molecule has 2 amide bonds. The first-order chi connectivity index (χ1) is 10.5. The minimum Gasteiger partial charge on any atom is -0.366 e. The van der Waals surface area contributed by atoms with Crippen LogP contribution in [-0.4, -0.2) is 28.6 Å². The maximum Gasteiger partial charge on any atom is 0.249 e. The van der Waals surface area contributed by atoms with E-state index < -0.39 is 5.91 Å². The quantitative estimate of drug-likeness (QED) is 0.631. The summed E-state index contributed by atoms with van der Waals surface area (Å²) in [6.45, 7) is 5.76. The lowest BCUT2D eigenvalue weighted by Crippen LogP contribution is -2.30. The van der Waals surface area contributed by atoms with Crippen molar-refractivity contribution in [1.29, 1.82) is 0 Å². The number of carbonyl (C=O) groups excluding carboxylic acids is 2. The molecule has 0 spiro atoms. The molecule has 0 radical (unpaired) electrons. The number of para-hydroxylation sites is 1. The Morgan fingerprint density at radius 3 is 2.86 bits per heavy atom. The van der Waals surface area contributed by atoms with E-state index in [4.69, 9.17) is 5.73 Å². The Labute approximate surface area is 133 Å².